The van der Waals surface area contributed by atoms with E-state index in [0.717, 1.165) is 36.4 Å². The summed E-state index contributed by atoms with van der Waals surface area (Å²) in [5.41, 5.74) is 1.90. The molecule has 0 bridgehead atoms. The van der Waals surface area contributed by atoms with Gasteiger partial charge in [-0.1, -0.05) is 18.2 Å². The molecule has 0 radical (unpaired) electrons. The second-order valence-corrected chi connectivity index (χ2v) is 10.6. The Bertz CT molecular complexity index is 1570. The van der Waals surface area contributed by atoms with E-state index in [1.54, 1.807) is 18.7 Å². The summed E-state index contributed by atoms with van der Waals surface area (Å²) in [6, 6.07) is 9.26. The fourth-order valence-electron chi connectivity index (χ4n) is 4.83. The molecule has 1 amide bonds. The number of anilines is 1. The molecule has 0 aliphatic carbocycles. The normalized spacial score (nSPS) is 14.1. The number of hydrogen-bond donors (Lipinski definition) is 1. The number of hydrogen-bond acceptors (Lipinski definition) is 6. The molecule has 0 spiro atoms. The van der Waals surface area contributed by atoms with Gasteiger partial charge in [-0.25, -0.2) is 9.67 Å². The van der Waals surface area contributed by atoms with E-state index >= 15 is 0 Å². The Morgan fingerprint density at radius 1 is 1.06 bits per heavy atom. The minimum atomic E-state index is -0.434. The lowest BCUT2D eigenvalue weighted by Crippen LogP contribution is -2.34. The number of carbonyl (C=O) groups excluding carboxylic acids is 1. The molecule has 188 valence electrons. The Hall–Kier alpha value is -3.50. The van der Waals surface area contributed by atoms with E-state index < -0.39 is 5.91 Å². The summed E-state index contributed by atoms with van der Waals surface area (Å²) in [6.07, 6.45) is 2.23. The first-order chi connectivity index (χ1) is 17.3. The van der Waals surface area contributed by atoms with Crippen LogP contribution in [0.3, 0.4) is 0 Å². The lowest BCUT2D eigenvalue weighted by Gasteiger charge is -2.18. The van der Waals surface area contributed by atoms with Crippen LogP contribution in [-0.2, 0) is 24.9 Å². The van der Waals surface area contributed by atoms with Crippen LogP contribution in [0.1, 0.15) is 34.8 Å². The van der Waals surface area contributed by atoms with Gasteiger partial charge in [0, 0.05) is 11.9 Å². The molecular weight excluding hydrogens is 476 g/mol. The van der Waals surface area contributed by atoms with Crippen LogP contribution in [0.4, 0.5) is 5.69 Å². The van der Waals surface area contributed by atoms with E-state index in [4.69, 9.17) is 4.98 Å². The summed E-state index contributed by atoms with van der Waals surface area (Å²) in [7, 11) is 1.78. The third-order valence-electron chi connectivity index (χ3n) is 7.05. The van der Waals surface area contributed by atoms with Crippen molar-refractivity contribution in [2.45, 2.75) is 46.7 Å². The quantitative estimate of drug-likeness (QED) is 0.434. The Balaban J connectivity index is 1.50. The summed E-state index contributed by atoms with van der Waals surface area (Å²) in [5, 5.41) is 3.35. The molecule has 3 aromatic heterocycles. The molecule has 4 aromatic rings. The van der Waals surface area contributed by atoms with Crippen LogP contribution in [-0.4, -0.2) is 42.8 Å². The standard InChI is InChI=1S/C26H30N6O3S/c1-16-18(3)36-24-22(16)25(34)31(20(27-24)14-30-12-8-9-13-30)15-21(33)28-23-17(2)29(4)32(26(23)35)19-10-6-5-7-11-19/h5-7,10-11H,8-9,12-15H2,1-4H3,(H,28,33). The SMILES string of the molecule is Cc1sc2nc(CN3CCCC3)n(CC(=O)Nc3c(C)n(C)n(-c4ccccc4)c3=O)c(=O)c2c1C. The van der Waals surface area contributed by atoms with E-state index in [9.17, 15) is 14.4 Å². The highest BCUT2D eigenvalue weighted by molar-refractivity contribution is 7.18. The largest absolute Gasteiger partial charge is 0.318 e. The summed E-state index contributed by atoms with van der Waals surface area (Å²) in [6.45, 7) is 7.88. The number of carbonyl (C=O) groups is 1. The lowest BCUT2D eigenvalue weighted by atomic mass is 10.2. The maximum absolute atomic E-state index is 13.6. The molecule has 9 nitrogen and oxygen atoms in total. The Morgan fingerprint density at radius 2 is 1.75 bits per heavy atom. The van der Waals surface area contributed by atoms with Gasteiger partial charge >= 0.3 is 0 Å². The number of aromatic nitrogens is 4. The fraction of sp³-hybridized carbons (Fsp3) is 0.385. The number of nitrogens with one attached hydrogen (secondary N) is 1. The molecule has 0 atom stereocenters. The second-order valence-electron chi connectivity index (χ2n) is 9.35. The van der Waals surface area contributed by atoms with Crippen molar-refractivity contribution in [2.75, 3.05) is 18.4 Å². The van der Waals surface area contributed by atoms with Crippen molar-refractivity contribution >= 4 is 33.1 Å². The third-order valence-corrected chi connectivity index (χ3v) is 8.15. The van der Waals surface area contributed by atoms with Crippen molar-refractivity contribution < 1.29 is 4.79 Å². The molecule has 10 heteroatoms. The van der Waals surface area contributed by atoms with Gasteiger partial charge < -0.3 is 5.32 Å². The molecule has 0 saturated carbocycles. The van der Waals surface area contributed by atoms with Crippen molar-refractivity contribution in [1.82, 2.24) is 23.8 Å². The Labute approximate surface area is 212 Å². The predicted octanol–water partition coefficient (Wildman–Crippen LogP) is 3.11. The molecule has 1 saturated heterocycles. The van der Waals surface area contributed by atoms with Gasteiger partial charge in [-0.15, -0.1) is 11.3 Å². The molecule has 1 aromatic carbocycles. The zero-order valence-electron chi connectivity index (χ0n) is 21.0. The van der Waals surface area contributed by atoms with Crippen LogP contribution >= 0.6 is 11.3 Å². The van der Waals surface area contributed by atoms with Crippen molar-refractivity contribution in [2.24, 2.45) is 7.05 Å². The van der Waals surface area contributed by atoms with Crippen molar-refractivity contribution in [3.63, 3.8) is 0 Å². The van der Waals surface area contributed by atoms with Gasteiger partial charge in [0.2, 0.25) is 5.91 Å². The van der Waals surface area contributed by atoms with Crippen LogP contribution in [0.5, 0.6) is 0 Å². The Morgan fingerprint density at radius 3 is 2.44 bits per heavy atom. The summed E-state index contributed by atoms with van der Waals surface area (Å²) >= 11 is 1.51. The summed E-state index contributed by atoms with van der Waals surface area (Å²) in [5.74, 6) is 0.147. The van der Waals surface area contributed by atoms with Gasteiger partial charge in [-0.05, 0) is 64.4 Å². The number of nitrogens with zero attached hydrogens (tertiary/aromatic N) is 5. The third kappa shape index (κ3) is 4.20. The van der Waals surface area contributed by atoms with Crippen LogP contribution < -0.4 is 16.4 Å². The lowest BCUT2D eigenvalue weighted by molar-refractivity contribution is -0.116. The van der Waals surface area contributed by atoms with E-state index in [1.807, 2.05) is 44.2 Å². The fourth-order valence-corrected chi connectivity index (χ4v) is 5.87. The van der Waals surface area contributed by atoms with Crippen molar-refractivity contribution in [3.05, 3.63) is 73.0 Å². The number of fused-ring (bicyclic) bond motifs is 1. The highest BCUT2D eigenvalue weighted by Gasteiger charge is 2.23. The maximum atomic E-state index is 13.6. The minimum Gasteiger partial charge on any atom is -0.318 e. The highest BCUT2D eigenvalue weighted by Crippen LogP contribution is 2.27. The number of benzene rings is 1. The van der Waals surface area contributed by atoms with Gasteiger partial charge in [-0.2, -0.15) is 0 Å². The van der Waals surface area contributed by atoms with E-state index in [2.05, 4.69) is 10.2 Å². The second kappa shape index (κ2) is 9.51. The average molecular weight is 507 g/mol. The van der Waals surface area contributed by atoms with E-state index in [0.29, 0.717) is 34.0 Å². The molecule has 1 N–H and O–H groups in total. The van der Waals surface area contributed by atoms with Gasteiger partial charge in [0.15, 0.2) is 0 Å². The molecule has 1 aliphatic heterocycles. The zero-order valence-corrected chi connectivity index (χ0v) is 21.8. The van der Waals surface area contributed by atoms with Gasteiger partial charge in [0.05, 0.1) is 23.3 Å². The number of aryl methyl sites for hydroxylation is 2. The van der Waals surface area contributed by atoms with Gasteiger partial charge in [0.25, 0.3) is 11.1 Å². The number of amides is 1. The number of para-hydroxylation sites is 1. The summed E-state index contributed by atoms with van der Waals surface area (Å²) in [4.78, 5) is 48.9. The van der Waals surface area contributed by atoms with Crippen LogP contribution in [0.2, 0.25) is 0 Å². The van der Waals surface area contributed by atoms with E-state index in [1.165, 1.54) is 20.6 Å². The highest BCUT2D eigenvalue weighted by atomic mass is 32.1. The van der Waals surface area contributed by atoms with Crippen LogP contribution in [0.25, 0.3) is 15.9 Å². The molecule has 36 heavy (non-hydrogen) atoms. The molecule has 1 aliphatic rings. The molecule has 0 unspecified atom stereocenters. The monoisotopic (exact) mass is 506 g/mol. The summed E-state index contributed by atoms with van der Waals surface area (Å²) < 4.78 is 4.70. The molecule has 4 heterocycles. The number of likely N-dealkylation sites (tertiary alicyclic amines) is 1. The first-order valence-corrected chi connectivity index (χ1v) is 12.9. The van der Waals surface area contributed by atoms with Gasteiger partial charge in [0.1, 0.15) is 22.9 Å². The first-order valence-electron chi connectivity index (χ1n) is 12.1. The first kappa shape index (κ1) is 24.2. The molecule has 5 rings (SSSR count). The average Bonchev–Trinajstić information content (AvgIpc) is 3.52. The number of rotatable bonds is 6. The zero-order chi connectivity index (χ0) is 25.6. The van der Waals surface area contributed by atoms with Gasteiger partial charge in [-0.3, -0.25) is 28.5 Å². The minimum absolute atomic E-state index is 0.206. The van der Waals surface area contributed by atoms with Crippen LogP contribution in [0.15, 0.2) is 39.9 Å². The van der Waals surface area contributed by atoms with Crippen LogP contribution in [0, 0.1) is 20.8 Å². The molecular formula is C26H30N6O3S. The number of thiophene rings is 1. The van der Waals surface area contributed by atoms with Crippen molar-refractivity contribution in [3.8, 4) is 5.69 Å². The van der Waals surface area contributed by atoms with Crippen molar-refractivity contribution in [1.29, 1.82) is 0 Å². The molecule has 1 fully saturated rings. The smallest absolute Gasteiger partial charge is 0.295 e. The predicted molar refractivity (Wildman–Crippen MR) is 142 cm³/mol. The topological polar surface area (TPSA) is 94.2 Å². The van der Waals surface area contributed by atoms with E-state index in [-0.39, 0.29) is 23.4 Å². The maximum Gasteiger partial charge on any atom is 0.295 e. The Kier molecular flexibility index (Phi) is 6.40.